The van der Waals surface area contributed by atoms with Gasteiger partial charge in [0, 0.05) is 33.9 Å². The summed E-state index contributed by atoms with van der Waals surface area (Å²) in [5, 5.41) is 11.1. The summed E-state index contributed by atoms with van der Waals surface area (Å²) in [6.45, 7) is 0.996. The highest BCUT2D eigenvalue weighted by Gasteiger charge is 2.19. The van der Waals surface area contributed by atoms with Crippen LogP contribution in [-0.2, 0) is 7.05 Å². The summed E-state index contributed by atoms with van der Waals surface area (Å²) in [6, 6.07) is 10.9. The Hall–Kier alpha value is -3.12. The predicted octanol–water partition coefficient (Wildman–Crippen LogP) is 4.87. The number of fused-ring (bicyclic) bond motifs is 3. The molecule has 0 saturated heterocycles. The van der Waals surface area contributed by atoms with Gasteiger partial charge in [-0.05, 0) is 43.1 Å². The maximum Gasteiger partial charge on any atom is 0.213 e. The van der Waals surface area contributed by atoms with Crippen LogP contribution < -0.4 is 4.57 Å². The fourth-order valence-corrected chi connectivity index (χ4v) is 3.21. The van der Waals surface area contributed by atoms with Crippen LogP contribution in [0, 0.1) is 32.0 Å². The molecule has 0 spiro atoms. The maximum absolute atomic E-state index is 9.37. The first-order valence-corrected chi connectivity index (χ1v) is 7.92. The van der Waals surface area contributed by atoms with Gasteiger partial charge in [-0.2, -0.15) is 9.83 Å². The Balaban J connectivity index is 2.10. The fourth-order valence-electron chi connectivity index (χ4n) is 3.21. The molecule has 2 heterocycles. The quantitative estimate of drug-likeness (QED) is 0.466. The second-order valence-corrected chi connectivity index (χ2v) is 6.18. The molecule has 3 nitrogen and oxygen atoms in total. The lowest BCUT2D eigenvalue weighted by Gasteiger charge is -2.07. The summed E-state index contributed by atoms with van der Waals surface area (Å²) >= 11 is 0. The van der Waals surface area contributed by atoms with Crippen LogP contribution in [0.3, 0.4) is 0 Å². The van der Waals surface area contributed by atoms with Crippen molar-refractivity contribution in [2.24, 2.45) is 7.05 Å². The average molecular weight is 332 g/mol. The maximum atomic E-state index is 9.37. The Bertz CT molecular complexity index is 1390. The van der Waals surface area contributed by atoms with Crippen molar-refractivity contribution in [2.45, 2.75) is 20.7 Å². The van der Waals surface area contributed by atoms with Gasteiger partial charge in [-0.15, -0.1) is 0 Å². The molecule has 0 aliphatic rings. The molecule has 0 aliphatic carbocycles. The van der Waals surface area contributed by atoms with Crippen molar-refractivity contribution < 1.29 is 15.8 Å². The normalized spacial score (nSPS) is 14.6. The minimum Gasteiger partial charge on any atom is -0.455 e. The number of aryl methyl sites for hydroxylation is 1. The molecular formula is C22H19N2O+. The average Bonchev–Trinajstić information content (AvgIpc) is 3.03. The topological polar surface area (TPSA) is 40.8 Å². The second-order valence-electron chi connectivity index (χ2n) is 6.18. The first-order valence-electron chi connectivity index (χ1n) is 10.4. The van der Waals surface area contributed by atoms with Crippen LogP contribution >= 0.6 is 0 Å². The molecule has 0 atom stereocenters. The standard InChI is InChI=1S/C22H19N2O/c1-13-8-15(3)24(4)20(9-13)18-11-21-19(10-14(18)2)17-7-5-6-16(12-23)22(17)25-21/h5-11H,1-4H3/q+1/i1D3,8D,9D. The van der Waals surface area contributed by atoms with Gasteiger partial charge in [0.1, 0.15) is 18.7 Å². The molecule has 0 radical (unpaired) electrons. The predicted molar refractivity (Wildman–Crippen MR) is 99.3 cm³/mol. The van der Waals surface area contributed by atoms with Crippen molar-refractivity contribution >= 4 is 21.9 Å². The molecular weight excluding hydrogens is 308 g/mol. The summed E-state index contributed by atoms with van der Waals surface area (Å²) < 4.78 is 48.0. The summed E-state index contributed by atoms with van der Waals surface area (Å²) in [7, 11) is 1.72. The van der Waals surface area contributed by atoms with E-state index in [-0.39, 0.29) is 17.6 Å². The smallest absolute Gasteiger partial charge is 0.213 e. The number of hydrogen-bond acceptors (Lipinski definition) is 2. The summed E-state index contributed by atoms with van der Waals surface area (Å²) in [5.74, 6) is 0. The third kappa shape index (κ3) is 2.30. The van der Waals surface area contributed by atoms with Crippen molar-refractivity contribution in [3.8, 4) is 17.3 Å². The lowest BCUT2D eigenvalue weighted by molar-refractivity contribution is -0.666. The number of benzene rings is 2. The van der Waals surface area contributed by atoms with Crippen LogP contribution in [0.2, 0.25) is 0 Å². The Morgan fingerprint density at radius 2 is 2.04 bits per heavy atom. The number of hydrogen-bond donors (Lipinski definition) is 0. The van der Waals surface area contributed by atoms with E-state index in [9.17, 15) is 5.26 Å². The molecule has 0 unspecified atom stereocenters. The highest BCUT2D eigenvalue weighted by molar-refractivity contribution is 6.07. The Morgan fingerprint density at radius 3 is 2.80 bits per heavy atom. The SMILES string of the molecule is [2H]c1c(C([2H])([2H])[2H])c([2H])c(-c2cc3oc4c(C#N)cccc4c3cc2C)[n+](C)c1C. The van der Waals surface area contributed by atoms with E-state index in [1.54, 1.807) is 36.7 Å². The highest BCUT2D eigenvalue weighted by Crippen LogP contribution is 2.35. The van der Waals surface area contributed by atoms with Crippen LogP contribution in [0.15, 0.2) is 46.8 Å². The molecule has 2 aromatic carbocycles. The Labute approximate surface area is 153 Å². The number of furan rings is 1. The van der Waals surface area contributed by atoms with E-state index in [2.05, 4.69) is 6.07 Å². The van der Waals surface area contributed by atoms with Crippen LogP contribution in [0.4, 0.5) is 0 Å². The van der Waals surface area contributed by atoms with Gasteiger partial charge in [0.15, 0.2) is 11.3 Å². The summed E-state index contributed by atoms with van der Waals surface area (Å²) in [4.78, 5) is 0. The first kappa shape index (κ1) is 10.7. The van der Waals surface area contributed by atoms with Crippen molar-refractivity contribution in [2.75, 3.05) is 0 Å². The van der Waals surface area contributed by atoms with Gasteiger partial charge >= 0.3 is 0 Å². The minimum atomic E-state index is -2.57. The Morgan fingerprint density at radius 1 is 1.20 bits per heavy atom. The number of nitriles is 1. The van der Waals surface area contributed by atoms with Crippen molar-refractivity contribution in [1.29, 1.82) is 5.26 Å². The summed E-state index contributed by atoms with van der Waals surface area (Å²) in [6.07, 6.45) is 0. The van der Waals surface area contributed by atoms with E-state index in [0.29, 0.717) is 33.7 Å². The van der Waals surface area contributed by atoms with E-state index in [4.69, 9.17) is 11.3 Å². The molecule has 4 aromatic rings. The van der Waals surface area contributed by atoms with E-state index in [1.807, 2.05) is 19.1 Å². The lowest BCUT2D eigenvalue weighted by atomic mass is 9.99. The molecule has 0 bridgehead atoms. The number of aromatic nitrogens is 1. The number of para-hydroxylation sites is 1. The Kier molecular flexibility index (Phi) is 2.33. The van der Waals surface area contributed by atoms with Crippen LogP contribution in [0.25, 0.3) is 33.2 Å². The van der Waals surface area contributed by atoms with Crippen LogP contribution in [-0.4, -0.2) is 0 Å². The first-order chi connectivity index (χ1) is 14.1. The van der Waals surface area contributed by atoms with Gasteiger partial charge in [0.05, 0.1) is 13.9 Å². The molecule has 3 heteroatoms. The molecule has 0 N–H and O–H groups in total. The minimum absolute atomic E-state index is 0.146. The van der Waals surface area contributed by atoms with Gasteiger partial charge < -0.3 is 4.42 Å². The second kappa shape index (κ2) is 5.46. The zero-order valence-electron chi connectivity index (χ0n) is 19.2. The van der Waals surface area contributed by atoms with Gasteiger partial charge in [-0.3, -0.25) is 0 Å². The van der Waals surface area contributed by atoms with Crippen LogP contribution in [0.5, 0.6) is 0 Å². The molecule has 0 saturated carbocycles. The van der Waals surface area contributed by atoms with Crippen molar-refractivity contribution in [3.05, 3.63) is 64.8 Å². The zero-order valence-corrected chi connectivity index (χ0v) is 14.2. The highest BCUT2D eigenvalue weighted by atomic mass is 16.3. The van der Waals surface area contributed by atoms with Gasteiger partial charge in [-0.1, -0.05) is 12.1 Å². The van der Waals surface area contributed by atoms with Crippen LogP contribution in [0.1, 0.15) is 29.2 Å². The number of nitrogens with zero attached hydrogens (tertiary/aromatic N) is 2. The van der Waals surface area contributed by atoms with Gasteiger partial charge in [0.25, 0.3) is 0 Å². The molecule has 0 aliphatic heterocycles. The molecule has 4 rings (SSSR count). The molecule has 25 heavy (non-hydrogen) atoms. The van der Waals surface area contributed by atoms with Gasteiger partial charge in [0.2, 0.25) is 5.69 Å². The number of pyridine rings is 1. The molecule has 2 aromatic heterocycles. The molecule has 0 fully saturated rings. The third-order valence-electron chi connectivity index (χ3n) is 4.61. The zero-order chi connectivity index (χ0) is 22.0. The van der Waals surface area contributed by atoms with E-state index >= 15 is 0 Å². The van der Waals surface area contributed by atoms with E-state index in [0.717, 1.165) is 16.3 Å². The molecule has 122 valence electrons. The summed E-state index contributed by atoms with van der Waals surface area (Å²) in [5.41, 5.74) is 3.60. The van der Waals surface area contributed by atoms with E-state index < -0.39 is 6.85 Å². The van der Waals surface area contributed by atoms with Crippen molar-refractivity contribution in [3.63, 3.8) is 0 Å². The van der Waals surface area contributed by atoms with E-state index in [1.165, 1.54) is 0 Å². The largest absolute Gasteiger partial charge is 0.455 e. The third-order valence-corrected chi connectivity index (χ3v) is 4.61. The number of rotatable bonds is 1. The molecule has 0 amide bonds. The lowest BCUT2D eigenvalue weighted by Crippen LogP contribution is -2.35. The fraction of sp³-hybridized carbons (Fsp3) is 0.182. The van der Waals surface area contributed by atoms with Crippen molar-refractivity contribution in [1.82, 2.24) is 0 Å². The monoisotopic (exact) mass is 332 g/mol. The van der Waals surface area contributed by atoms with Gasteiger partial charge in [-0.25, -0.2) is 0 Å².